The molecule has 0 bridgehead atoms. The molecule has 0 saturated carbocycles. The van der Waals surface area contributed by atoms with Crippen molar-refractivity contribution in [2.45, 2.75) is 19.3 Å². The van der Waals surface area contributed by atoms with E-state index >= 15 is 0 Å². The molecule has 1 aliphatic heterocycles. The number of hydrogen-bond acceptors (Lipinski definition) is 5. The number of carbonyl (C=O) groups excluding carboxylic acids is 1. The maximum Gasteiger partial charge on any atom is 0.332 e. The first kappa shape index (κ1) is 16.2. The second-order valence-electron chi connectivity index (χ2n) is 6.55. The Kier molecular flexibility index (Phi) is 3.68. The molecule has 0 radical (unpaired) electrons. The van der Waals surface area contributed by atoms with Crippen LogP contribution in [0.5, 0.6) is 11.5 Å². The topological polar surface area (TPSA) is 110 Å². The van der Waals surface area contributed by atoms with Crippen LogP contribution in [0.15, 0.2) is 59.0 Å². The number of phenolic OH excluding ortho intramolecular Hbond substituents is 1. The number of aliphatic carboxylic acids is 1. The van der Waals surface area contributed by atoms with E-state index in [0.29, 0.717) is 36.5 Å². The van der Waals surface area contributed by atoms with Crippen molar-refractivity contribution in [3.8, 4) is 11.5 Å². The summed E-state index contributed by atoms with van der Waals surface area (Å²) in [6.07, 6.45) is 6.03. The van der Waals surface area contributed by atoms with E-state index in [1.807, 2.05) is 0 Å². The molecule has 0 spiro atoms. The first-order valence-electron chi connectivity index (χ1n) is 8.33. The van der Waals surface area contributed by atoms with Crippen molar-refractivity contribution in [1.29, 1.82) is 0 Å². The number of ether oxygens (including phenoxy) is 1. The monoisotopic (exact) mass is 351 g/mol. The zero-order valence-electron chi connectivity index (χ0n) is 13.9. The predicted molar refractivity (Wildman–Crippen MR) is 94.1 cm³/mol. The largest absolute Gasteiger partial charge is 0.508 e. The van der Waals surface area contributed by atoms with Gasteiger partial charge in [0.25, 0.3) is 0 Å². The van der Waals surface area contributed by atoms with Crippen molar-refractivity contribution in [2.75, 3.05) is 0 Å². The van der Waals surface area contributed by atoms with Crippen molar-refractivity contribution >= 4 is 17.3 Å². The van der Waals surface area contributed by atoms with Gasteiger partial charge in [-0.25, -0.2) is 4.79 Å². The van der Waals surface area contributed by atoms with E-state index in [9.17, 15) is 19.8 Å². The van der Waals surface area contributed by atoms with Crippen LogP contribution < -0.4 is 10.5 Å². The van der Waals surface area contributed by atoms with Crippen molar-refractivity contribution in [3.05, 3.63) is 64.6 Å². The highest BCUT2D eigenvalue weighted by Crippen LogP contribution is 2.48. The van der Waals surface area contributed by atoms with E-state index in [1.165, 1.54) is 18.2 Å². The zero-order valence-corrected chi connectivity index (χ0v) is 13.9. The summed E-state index contributed by atoms with van der Waals surface area (Å²) >= 11 is 0. The molecule has 1 heterocycles. The van der Waals surface area contributed by atoms with Gasteiger partial charge in [0.05, 0.1) is 0 Å². The van der Waals surface area contributed by atoms with Gasteiger partial charge in [-0.2, -0.15) is 0 Å². The molecular formula is C20H17NO5. The van der Waals surface area contributed by atoms with Crippen LogP contribution in [-0.4, -0.2) is 22.0 Å². The molecule has 4 N–H and O–H groups in total. The second-order valence-corrected chi connectivity index (χ2v) is 6.55. The first-order valence-corrected chi connectivity index (χ1v) is 8.33. The van der Waals surface area contributed by atoms with E-state index in [0.717, 1.165) is 16.7 Å². The lowest BCUT2D eigenvalue weighted by Crippen LogP contribution is -2.24. The van der Waals surface area contributed by atoms with Gasteiger partial charge in [-0.3, -0.25) is 4.79 Å². The van der Waals surface area contributed by atoms with Crippen LogP contribution >= 0.6 is 0 Å². The quantitative estimate of drug-likeness (QED) is 0.756. The Morgan fingerprint density at radius 1 is 1.23 bits per heavy atom. The molecule has 0 saturated heterocycles. The van der Waals surface area contributed by atoms with Crippen LogP contribution in [0.25, 0.3) is 5.57 Å². The number of allylic oxidation sites excluding steroid dienone is 5. The molecule has 6 heteroatoms. The fourth-order valence-corrected chi connectivity index (χ4v) is 3.74. The molecule has 4 rings (SSSR count). The van der Waals surface area contributed by atoms with Gasteiger partial charge in [-0.05, 0) is 42.2 Å². The maximum atomic E-state index is 11.8. The molecule has 6 nitrogen and oxygen atoms in total. The average Bonchev–Trinajstić information content (AvgIpc) is 2.59. The van der Waals surface area contributed by atoms with Gasteiger partial charge in [0.2, 0.25) is 0 Å². The Labute approximate surface area is 149 Å². The summed E-state index contributed by atoms with van der Waals surface area (Å²) in [5.74, 6) is -0.579. The minimum absolute atomic E-state index is 0.0338. The fraction of sp³-hybridized carbons (Fsp3) is 0.200. The SMILES string of the molecule is NC1=CCC(C2=C3CCC(=O)C=C3Oc3cc(O)ccc32)C(C(=O)O)=C1. The number of carbonyl (C=O) groups is 2. The Morgan fingerprint density at radius 3 is 2.81 bits per heavy atom. The van der Waals surface area contributed by atoms with E-state index in [2.05, 4.69) is 0 Å². The van der Waals surface area contributed by atoms with Crippen LogP contribution in [-0.2, 0) is 9.59 Å². The van der Waals surface area contributed by atoms with Crippen molar-refractivity contribution in [2.24, 2.45) is 11.7 Å². The van der Waals surface area contributed by atoms with Gasteiger partial charge < -0.3 is 20.7 Å². The van der Waals surface area contributed by atoms with E-state index in [1.54, 1.807) is 18.2 Å². The number of carboxylic acids is 1. The Balaban J connectivity index is 1.94. The Morgan fingerprint density at radius 2 is 2.04 bits per heavy atom. The van der Waals surface area contributed by atoms with Crippen LogP contribution in [0.3, 0.4) is 0 Å². The number of aromatic hydroxyl groups is 1. The third-order valence-corrected chi connectivity index (χ3v) is 4.89. The van der Waals surface area contributed by atoms with Gasteiger partial charge in [0.15, 0.2) is 5.78 Å². The number of fused-ring (bicyclic) bond motifs is 2. The lowest BCUT2D eigenvalue weighted by atomic mass is 9.75. The third kappa shape index (κ3) is 2.60. The standard InChI is InChI=1S/C20H17NO5/c21-10-1-4-13(16(7-10)20(24)25)19-14-5-2-11(22)8-17(14)26-18-9-12(23)3-6-15(18)19/h1-2,5,7-9,13,22H,3-4,6,21H2,(H,24,25). The minimum atomic E-state index is -1.02. The van der Waals surface area contributed by atoms with E-state index in [-0.39, 0.29) is 17.1 Å². The zero-order chi connectivity index (χ0) is 18.4. The summed E-state index contributed by atoms with van der Waals surface area (Å²) < 4.78 is 5.84. The minimum Gasteiger partial charge on any atom is -0.508 e. The molecule has 3 aliphatic rings. The molecule has 1 aromatic rings. The summed E-state index contributed by atoms with van der Waals surface area (Å²) in [7, 11) is 0. The summed E-state index contributed by atoms with van der Waals surface area (Å²) in [5.41, 5.74) is 8.85. The number of ketones is 1. The van der Waals surface area contributed by atoms with Crippen LogP contribution in [0.2, 0.25) is 0 Å². The molecule has 132 valence electrons. The molecule has 1 unspecified atom stereocenters. The van der Waals surface area contributed by atoms with Crippen LogP contribution in [0.4, 0.5) is 0 Å². The molecule has 26 heavy (non-hydrogen) atoms. The van der Waals surface area contributed by atoms with Crippen molar-refractivity contribution in [3.63, 3.8) is 0 Å². The second kappa shape index (κ2) is 5.91. The number of phenols is 1. The summed E-state index contributed by atoms with van der Waals surface area (Å²) in [4.78, 5) is 23.7. The smallest absolute Gasteiger partial charge is 0.332 e. The van der Waals surface area contributed by atoms with Gasteiger partial charge in [-0.1, -0.05) is 6.08 Å². The first-order chi connectivity index (χ1) is 12.4. The predicted octanol–water partition coefficient (Wildman–Crippen LogP) is 2.66. The van der Waals surface area contributed by atoms with Crippen LogP contribution in [0, 0.1) is 5.92 Å². The van der Waals surface area contributed by atoms with E-state index < -0.39 is 11.9 Å². The van der Waals surface area contributed by atoms with Crippen molar-refractivity contribution in [1.82, 2.24) is 0 Å². The molecule has 0 aromatic heterocycles. The molecule has 2 aliphatic carbocycles. The molecular weight excluding hydrogens is 334 g/mol. The summed E-state index contributed by atoms with van der Waals surface area (Å²) in [6.45, 7) is 0. The lowest BCUT2D eigenvalue weighted by Gasteiger charge is -2.33. The highest BCUT2D eigenvalue weighted by molar-refractivity contribution is 5.98. The normalized spacial score (nSPS) is 21.8. The number of nitrogens with two attached hydrogens (primary N) is 1. The molecule has 1 aromatic carbocycles. The molecule has 1 atom stereocenters. The summed E-state index contributed by atoms with van der Waals surface area (Å²) in [6, 6.07) is 4.74. The van der Waals surface area contributed by atoms with Crippen LogP contribution in [0.1, 0.15) is 24.8 Å². The fourth-order valence-electron chi connectivity index (χ4n) is 3.74. The van der Waals surface area contributed by atoms with Gasteiger partial charge in [0, 0.05) is 41.3 Å². The average molecular weight is 351 g/mol. The molecule has 0 fully saturated rings. The lowest BCUT2D eigenvalue weighted by molar-refractivity contribution is -0.133. The number of benzene rings is 1. The molecule has 0 amide bonds. The highest BCUT2D eigenvalue weighted by Gasteiger charge is 2.36. The van der Waals surface area contributed by atoms with Gasteiger partial charge >= 0.3 is 5.97 Å². The van der Waals surface area contributed by atoms with E-state index in [4.69, 9.17) is 10.5 Å². The Bertz CT molecular complexity index is 964. The van der Waals surface area contributed by atoms with Crippen molar-refractivity contribution < 1.29 is 24.5 Å². The van der Waals surface area contributed by atoms with Gasteiger partial charge in [-0.15, -0.1) is 0 Å². The Hall–Kier alpha value is -3.28. The number of carboxylic acid groups (broad SMARTS) is 1. The highest BCUT2D eigenvalue weighted by atomic mass is 16.5. The number of rotatable bonds is 2. The maximum absolute atomic E-state index is 11.8. The summed E-state index contributed by atoms with van der Waals surface area (Å²) in [5, 5.41) is 19.5. The third-order valence-electron chi connectivity index (χ3n) is 4.89. The number of hydrogen-bond donors (Lipinski definition) is 3. The van der Waals surface area contributed by atoms with Gasteiger partial charge in [0.1, 0.15) is 17.3 Å².